The highest BCUT2D eigenvalue weighted by molar-refractivity contribution is 9.10. The molecular weight excluding hydrogens is 315 g/mol. The van der Waals surface area contributed by atoms with E-state index in [0.29, 0.717) is 29.9 Å². The van der Waals surface area contributed by atoms with Crippen molar-refractivity contribution < 1.29 is 9.60 Å². The Hall–Kier alpha value is -1.37. The molecule has 0 unspecified atom stereocenters. The first-order chi connectivity index (χ1) is 8.93. The number of amidine groups is 1. The van der Waals surface area contributed by atoms with E-state index in [0.717, 1.165) is 0 Å². The molecule has 0 fully saturated rings. The summed E-state index contributed by atoms with van der Waals surface area (Å²) in [5.41, 5.74) is 5.44. The van der Waals surface area contributed by atoms with Gasteiger partial charge in [-0.15, -0.1) is 0 Å². The van der Waals surface area contributed by atoms with Gasteiger partial charge in [0.05, 0.1) is 0 Å². The molecule has 1 heterocycles. The monoisotopic (exact) mass is 332 g/mol. The Bertz CT molecular complexity index is 453. The Morgan fingerprint density at radius 2 is 2.32 bits per heavy atom. The van der Waals surface area contributed by atoms with E-state index in [1.807, 2.05) is 13.8 Å². The van der Waals surface area contributed by atoms with Crippen molar-refractivity contribution in [2.75, 3.05) is 18.0 Å². The van der Waals surface area contributed by atoms with Crippen molar-refractivity contribution in [3.05, 3.63) is 22.6 Å². The van der Waals surface area contributed by atoms with Crippen molar-refractivity contribution in [2.24, 2.45) is 16.8 Å². The van der Waals surface area contributed by atoms with E-state index in [1.165, 1.54) is 6.07 Å². The predicted molar refractivity (Wildman–Crippen MR) is 77.0 cm³/mol. The lowest BCUT2D eigenvalue weighted by molar-refractivity contribution is 0.317. The van der Waals surface area contributed by atoms with Crippen LogP contribution in [0.5, 0.6) is 0 Å². The predicted octanol–water partition coefficient (Wildman–Crippen LogP) is 2.58. The number of pyridine rings is 1. The molecule has 0 aliphatic carbocycles. The maximum atomic E-state index is 13.9. The highest BCUT2D eigenvalue weighted by atomic mass is 79.9. The van der Waals surface area contributed by atoms with Crippen LogP contribution in [0, 0.1) is 11.7 Å². The van der Waals surface area contributed by atoms with Gasteiger partial charge in [-0.25, -0.2) is 9.37 Å². The summed E-state index contributed by atoms with van der Waals surface area (Å²) >= 11 is 3.18. The second-order valence-corrected chi connectivity index (χ2v) is 5.56. The SMILES string of the molecule is CC(C)CN(CCC(N)=NO)c1ncc(Br)cc1F. The first-order valence-electron chi connectivity index (χ1n) is 5.96. The van der Waals surface area contributed by atoms with E-state index < -0.39 is 5.82 Å². The quantitative estimate of drug-likeness (QED) is 0.363. The summed E-state index contributed by atoms with van der Waals surface area (Å²) in [6.45, 7) is 5.16. The number of anilines is 1. The van der Waals surface area contributed by atoms with Crippen molar-refractivity contribution in [1.29, 1.82) is 0 Å². The molecule has 5 nitrogen and oxygen atoms in total. The molecule has 7 heteroatoms. The summed E-state index contributed by atoms with van der Waals surface area (Å²) in [7, 11) is 0. The van der Waals surface area contributed by atoms with Gasteiger partial charge in [-0.2, -0.15) is 0 Å². The van der Waals surface area contributed by atoms with Gasteiger partial charge in [-0.1, -0.05) is 19.0 Å². The first-order valence-corrected chi connectivity index (χ1v) is 6.75. The zero-order valence-corrected chi connectivity index (χ0v) is 12.6. The zero-order chi connectivity index (χ0) is 14.4. The smallest absolute Gasteiger partial charge is 0.166 e. The number of hydrogen-bond acceptors (Lipinski definition) is 4. The standard InChI is InChI=1S/C12H18BrFN4O/c1-8(2)7-18(4-3-11(15)17-19)12-10(14)5-9(13)6-16-12/h5-6,8,19H,3-4,7H2,1-2H3,(H2,15,17). The molecule has 0 atom stereocenters. The van der Waals surface area contributed by atoms with E-state index in [-0.39, 0.29) is 11.7 Å². The van der Waals surface area contributed by atoms with Gasteiger partial charge in [-0.05, 0) is 27.9 Å². The molecule has 0 aliphatic rings. The van der Waals surface area contributed by atoms with E-state index in [1.54, 1.807) is 11.1 Å². The van der Waals surface area contributed by atoms with Crippen molar-refractivity contribution in [3.63, 3.8) is 0 Å². The van der Waals surface area contributed by atoms with Crippen LogP contribution in [0.3, 0.4) is 0 Å². The highest BCUT2D eigenvalue weighted by Crippen LogP contribution is 2.21. The number of oxime groups is 1. The van der Waals surface area contributed by atoms with E-state index >= 15 is 0 Å². The van der Waals surface area contributed by atoms with Gasteiger partial charge >= 0.3 is 0 Å². The van der Waals surface area contributed by atoms with Gasteiger partial charge in [0.15, 0.2) is 11.6 Å². The molecule has 0 saturated carbocycles. The number of halogens is 2. The molecule has 1 aromatic heterocycles. The third-order valence-corrected chi connectivity index (χ3v) is 2.87. The fraction of sp³-hybridized carbons (Fsp3) is 0.500. The summed E-state index contributed by atoms with van der Waals surface area (Å²) in [5, 5.41) is 11.5. The molecule has 0 radical (unpaired) electrons. The van der Waals surface area contributed by atoms with Gasteiger partial charge in [0.25, 0.3) is 0 Å². The van der Waals surface area contributed by atoms with E-state index in [4.69, 9.17) is 10.9 Å². The molecule has 0 bridgehead atoms. The molecule has 0 amide bonds. The molecule has 0 aromatic carbocycles. The van der Waals surface area contributed by atoms with Crippen LogP contribution in [0.15, 0.2) is 21.9 Å². The van der Waals surface area contributed by atoms with Crippen LogP contribution in [0.25, 0.3) is 0 Å². The lowest BCUT2D eigenvalue weighted by Crippen LogP contribution is -2.32. The number of nitrogens with two attached hydrogens (primary N) is 1. The molecule has 0 spiro atoms. The second-order valence-electron chi connectivity index (χ2n) is 4.64. The Morgan fingerprint density at radius 3 is 2.84 bits per heavy atom. The average molecular weight is 333 g/mol. The van der Waals surface area contributed by atoms with Gasteiger partial charge in [0, 0.05) is 30.2 Å². The maximum absolute atomic E-state index is 13.9. The molecule has 3 N–H and O–H groups in total. The molecular formula is C12H18BrFN4O. The second kappa shape index (κ2) is 7.28. The third-order valence-electron chi connectivity index (χ3n) is 2.44. The zero-order valence-electron chi connectivity index (χ0n) is 11.0. The largest absolute Gasteiger partial charge is 0.409 e. The lowest BCUT2D eigenvalue weighted by atomic mass is 10.2. The Labute approximate surface area is 120 Å². The summed E-state index contributed by atoms with van der Waals surface area (Å²) in [5.74, 6) is 0.348. The number of nitrogens with zero attached hydrogens (tertiary/aromatic N) is 3. The van der Waals surface area contributed by atoms with Crippen LogP contribution < -0.4 is 10.6 Å². The molecule has 19 heavy (non-hydrogen) atoms. The Balaban J connectivity index is 2.89. The van der Waals surface area contributed by atoms with Gasteiger partial charge in [0.1, 0.15) is 5.84 Å². The highest BCUT2D eigenvalue weighted by Gasteiger charge is 2.15. The molecule has 0 saturated heterocycles. The van der Waals surface area contributed by atoms with E-state index in [2.05, 4.69) is 26.1 Å². The topological polar surface area (TPSA) is 74.7 Å². The number of hydrogen-bond donors (Lipinski definition) is 2. The minimum absolute atomic E-state index is 0.117. The molecule has 0 aliphatic heterocycles. The number of rotatable bonds is 6. The third kappa shape index (κ3) is 5.02. The van der Waals surface area contributed by atoms with Crippen molar-refractivity contribution >= 4 is 27.6 Å². The van der Waals surface area contributed by atoms with Crippen molar-refractivity contribution in [2.45, 2.75) is 20.3 Å². The van der Waals surface area contributed by atoms with Crippen LogP contribution in [0.4, 0.5) is 10.2 Å². The maximum Gasteiger partial charge on any atom is 0.166 e. The first kappa shape index (κ1) is 15.7. The fourth-order valence-corrected chi connectivity index (χ4v) is 1.97. The Kier molecular flexibility index (Phi) is 6.01. The van der Waals surface area contributed by atoms with Crippen LogP contribution in [0.2, 0.25) is 0 Å². The van der Waals surface area contributed by atoms with Crippen LogP contribution in [0.1, 0.15) is 20.3 Å². The summed E-state index contributed by atoms with van der Waals surface area (Å²) < 4.78 is 14.5. The molecule has 1 rings (SSSR count). The molecule has 106 valence electrons. The minimum Gasteiger partial charge on any atom is -0.409 e. The van der Waals surface area contributed by atoms with Crippen molar-refractivity contribution in [1.82, 2.24) is 4.98 Å². The summed E-state index contributed by atoms with van der Waals surface area (Å²) in [6, 6.07) is 1.37. The van der Waals surface area contributed by atoms with Crippen LogP contribution in [-0.2, 0) is 0 Å². The van der Waals surface area contributed by atoms with Gasteiger partial charge in [0.2, 0.25) is 0 Å². The minimum atomic E-state index is -0.394. The summed E-state index contributed by atoms with van der Waals surface area (Å²) in [6.07, 6.45) is 1.90. The normalized spacial score (nSPS) is 11.9. The van der Waals surface area contributed by atoms with Crippen LogP contribution in [-0.4, -0.2) is 29.1 Å². The van der Waals surface area contributed by atoms with Gasteiger partial charge in [-0.3, -0.25) is 0 Å². The fourth-order valence-electron chi connectivity index (χ4n) is 1.66. The lowest BCUT2D eigenvalue weighted by Gasteiger charge is -2.25. The van der Waals surface area contributed by atoms with Crippen LogP contribution >= 0.6 is 15.9 Å². The van der Waals surface area contributed by atoms with Crippen molar-refractivity contribution in [3.8, 4) is 0 Å². The molecule has 1 aromatic rings. The number of aromatic nitrogens is 1. The van der Waals surface area contributed by atoms with E-state index in [9.17, 15) is 4.39 Å². The van der Waals surface area contributed by atoms with Gasteiger partial charge < -0.3 is 15.8 Å². The summed E-state index contributed by atoms with van der Waals surface area (Å²) in [4.78, 5) is 5.89. The Morgan fingerprint density at radius 1 is 1.63 bits per heavy atom. The average Bonchev–Trinajstić information content (AvgIpc) is 2.34.